The molecule has 4 rings (SSSR count). The van der Waals surface area contributed by atoms with E-state index in [0.717, 1.165) is 17.7 Å². The number of halogens is 3. The van der Waals surface area contributed by atoms with Gasteiger partial charge in [-0.1, -0.05) is 18.2 Å². The van der Waals surface area contributed by atoms with Crippen LogP contribution in [0.1, 0.15) is 22.8 Å². The first kappa shape index (κ1) is 24.7. The number of carbonyl (C=O) groups is 1. The number of nitrogens with one attached hydrogen (secondary N) is 1. The van der Waals surface area contributed by atoms with Crippen molar-refractivity contribution in [2.24, 2.45) is 0 Å². The van der Waals surface area contributed by atoms with Crippen LogP contribution in [0.15, 0.2) is 77.8 Å². The molecule has 1 aromatic heterocycles. The molecule has 184 valence electrons. The van der Waals surface area contributed by atoms with Crippen LogP contribution in [-0.4, -0.2) is 49.0 Å². The highest BCUT2D eigenvalue weighted by Gasteiger charge is 2.46. The Kier molecular flexibility index (Phi) is 6.82. The summed E-state index contributed by atoms with van der Waals surface area (Å²) in [6.07, 6.45) is 1.62. The van der Waals surface area contributed by atoms with Gasteiger partial charge in [0.2, 0.25) is 0 Å². The summed E-state index contributed by atoms with van der Waals surface area (Å²) in [6, 6.07) is 17.3. The van der Waals surface area contributed by atoms with Gasteiger partial charge in [0.15, 0.2) is 0 Å². The summed E-state index contributed by atoms with van der Waals surface area (Å²) in [5.41, 5.74) is -3.25. The van der Waals surface area contributed by atoms with Gasteiger partial charge in [-0.05, 0) is 61.0 Å². The summed E-state index contributed by atoms with van der Waals surface area (Å²) < 4.78 is 61.5. The van der Waals surface area contributed by atoms with E-state index in [2.05, 4.69) is 15.2 Å². The van der Waals surface area contributed by atoms with Gasteiger partial charge in [-0.3, -0.25) is 9.69 Å². The molecule has 0 saturated carbocycles. The number of pyridine rings is 1. The predicted octanol–water partition coefficient (Wildman–Crippen LogP) is 4.30. The Morgan fingerprint density at radius 3 is 2.43 bits per heavy atom. The zero-order valence-corrected chi connectivity index (χ0v) is 19.6. The number of sulfone groups is 1. The SMILES string of the molecule is CC1CN(c2ccc(S(=O)(=O)C(F)(F)F)cc2)CN1Cc1ccnc(NC(=O)c2ccccc2)c1. The highest BCUT2D eigenvalue weighted by molar-refractivity contribution is 7.92. The van der Waals surface area contributed by atoms with Gasteiger partial charge in [-0.25, -0.2) is 13.4 Å². The van der Waals surface area contributed by atoms with E-state index in [9.17, 15) is 26.4 Å². The second-order valence-electron chi connectivity index (χ2n) is 8.27. The average molecular weight is 505 g/mol. The minimum atomic E-state index is -5.37. The van der Waals surface area contributed by atoms with Gasteiger partial charge in [0.05, 0.1) is 11.6 Å². The second-order valence-corrected chi connectivity index (χ2v) is 10.2. The smallest absolute Gasteiger partial charge is 0.357 e. The van der Waals surface area contributed by atoms with E-state index in [-0.39, 0.29) is 11.9 Å². The van der Waals surface area contributed by atoms with Crippen molar-refractivity contribution in [2.75, 3.05) is 23.4 Å². The molecule has 11 heteroatoms. The first-order valence-corrected chi connectivity index (χ1v) is 12.2. The van der Waals surface area contributed by atoms with Gasteiger partial charge in [-0.2, -0.15) is 13.2 Å². The third-order valence-electron chi connectivity index (χ3n) is 5.76. The van der Waals surface area contributed by atoms with Crippen LogP contribution in [0, 0.1) is 0 Å². The molecule has 0 aliphatic carbocycles. The Balaban J connectivity index is 1.41. The van der Waals surface area contributed by atoms with E-state index in [0.29, 0.717) is 36.8 Å². The van der Waals surface area contributed by atoms with Gasteiger partial charge >= 0.3 is 5.51 Å². The molecule has 1 aliphatic heterocycles. The van der Waals surface area contributed by atoms with Crippen molar-refractivity contribution < 1.29 is 26.4 Å². The Morgan fingerprint density at radius 2 is 1.77 bits per heavy atom. The Hall–Kier alpha value is -3.44. The van der Waals surface area contributed by atoms with Crippen LogP contribution in [0.4, 0.5) is 24.7 Å². The number of benzene rings is 2. The molecule has 1 saturated heterocycles. The lowest BCUT2D eigenvalue weighted by molar-refractivity contribution is -0.0436. The van der Waals surface area contributed by atoms with Crippen LogP contribution in [0.3, 0.4) is 0 Å². The molecule has 2 aromatic carbocycles. The fourth-order valence-corrected chi connectivity index (χ4v) is 4.63. The van der Waals surface area contributed by atoms with E-state index in [1.807, 2.05) is 24.0 Å². The summed E-state index contributed by atoms with van der Waals surface area (Å²) in [7, 11) is -5.37. The molecule has 1 amide bonds. The van der Waals surface area contributed by atoms with Gasteiger partial charge in [-0.15, -0.1) is 0 Å². The normalized spacial score (nSPS) is 16.9. The number of anilines is 2. The molecule has 1 N–H and O–H groups in total. The van der Waals surface area contributed by atoms with E-state index >= 15 is 0 Å². The summed E-state index contributed by atoms with van der Waals surface area (Å²) in [5, 5.41) is 2.79. The Labute approximate surface area is 201 Å². The fraction of sp³-hybridized carbons (Fsp3) is 0.250. The number of rotatable bonds is 6. The third-order valence-corrected chi connectivity index (χ3v) is 7.27. The first-order valence-electron chi connectivity index (χ1n) is 10.8. The maximum Gasteiger partial charge on any atom is 0.501 e. The van der Waals surface area contributed by atoms with Crippen LogP contribution in [-0.2, 0) is 16.4 Å². The molecule has 0 radical (unpaired) electrons. The number of nitrogens with zero attached hydrogens (tertiary/aromatic N) is 3. The summed E-state index contributed by atoms with van der Waals surface area (Å²) in [6.45, 7) is 3.71. The van der Waals surface area contributed by atoms with Crippen LogP contribution >= 0.6 is 0 Å². The number of alkyl halides is 3. The number of amides is 1. The summed E-state index contributed by atoms with van der Waals surface area (Å²) in [4.78, 5) is 20.0. The molecule has 3 aromatic rings. The molecule has 35 heavy (non-hydrogen) atoms. The summed E-state index contributed by atoms with van der Waals surface area (Å²) in [5.74, 6) is 0.175. The topological polar surface area (TPSA) is 82.6 Å². The maximum atomic E-state index is 12.8. The molecule has 0 spiro atoms. The number of hydrogen-bond acceptors (Lipinski definition) is 6. The van der Waals surface area contributed by atoms with Crippen molar-refractivity contribution >= 4 is 27.2 Å². The number of hydrogen-bond donors (Lipinski definition) is 1. The highest BCUT2D eigenvalue weighted by Crippen LogP contribution is 2.32. The zero-order valence-electron chi connectivity index (χ0n) is 18.7. The van der Waals surface area contributed by atoms with Crippen molar-refractivity contribution in [1.29, 1.82) is 0 Å². The molecule has 0 bridgehead atoms. The Morgan fingerprint density at radius 1 is 1.09 bits per heavy atom. The molecule has 1 unspecified atom stereocenters. The predicted molar refractivity (Wildman–Crippen MR) is 126 cm³/mol. The van der Waals surface area contributed by atoms with Gasteiger partial charge < -0.3 is 10.2 Å². The molecule has 7 nitrogen and oxygen atoms in total. The maximum absolute atomic E-state index is 12.8. The minimum Gasteiger partial charge on any atom is -0.357 e. The molecule has 1 fully saturated rings. The van der Waals surface area contributed by atoms with Crippen LogP contribution < -0.4 is 10.2 Å². The average Bonchev–Trinajstić information content (AvgIpc) is 3.19. The lowest BCUT2D eigenvalue weighted by Gasteiger charge is -2.21. The van der Waals surface area contributed by atoms with Crippen molar-refractivity contribution in [2.45, 2.75) is 29.9 Å². The van der Waals surface area contributed by atoms with Gasteiger partial charge in [0, 0.05) is 36.6 Å². The van der Waals surface area contributed by atoms with Gasteiger partial charge in [0.25, 0.3) is 15.7 Å². The van der Waals surface area contributed by atoms with Gasteiger partial charge in [0.1, 0.15) is 5.82 Å². The molecular weight excluding hydrogens is 481 g/mol. The van der Waals surface area contributed by atoms with Crippen molar-refractivity contribution in [1.82, 2.24) is 9.88 Å². The monoisotopic (exact) mass is 504 g/mol. The van der Waals surface area contributed by atoms with E-state index < -0.39 is 20.2 Å². The number of carbonyl (C=O) groups excluding carboxylic acids is 1. The van der Waals surface area contributed by atoms with E-state index in [1.165, 1.54) is 12.1 Å². The fourth-order valence-electron chi connectivity index (χ4n) is 3.87. The quantitative estimate of drug-likeness (QED) is 0.539. The largest absolute Gasteiger partial charge is 0.501 e. The van der Waals surface area contributed by atoms with Crippen LogP contribution in [0.2, 0.25) is 0 Å². The van der Waals surface area contributed by atoms with Crippen LogP contribution in [0.5, 0.6) is 0 Å². The van der Waals surface area contributed by atoms with Crippen LogP contribution in [0.25, 0.3) is 0 Å². The Bertz CT molecular complexity index is 1300. The zero-order chi connectivity index (χ0) is 25.2. The van der Waals surface area contributed by atoms with E-state index in [4.69, 9.17) is 0 Å². The molecule has 2 heterocycles. The highest BCUT2D eigenvalue weighted by atomic mass is 32.2. The molecule has 1 atom stereocenters. The van der Waals surface area contributed by atoms with Crippen molar-refractivity contribution in [3.63, 3.8) is 0 Å². The first-order chi connectivity index (χ1) is 16.5. The lowest BCUT2D eigenvalue weighted by Crippen LogP contribution is -2.28. The molecule has 1 aliphatic rings. The number of aromatic nitrogens is 1. The second kappa shape index (κ2) is 9.67. The van der Waals surface area contributed by atoms with Crippen molar-refractivity contribution in [3.05, 3.63) is 84.1 Å². The van der Waals surface area contributed by atoms with E-state index in [1.54, 1.807) is 36.5 Å². The standard InChI is InChI=1S/C24H23F3N4O3S/c1-17-14-31(20-7-9-21(10-8-20)35(33,34)24(25,26)27)16-30(17)15-18-11-12-28-22(13-18)29-23(32)19-5-3-2-4-6-19/h2-13,17H,14-16H2,1H3,(H,28,29,32). The minimum absolute atomic E-state index is 0.129. The summed E-state index contributed by atoms with van der Waals surface area (Å²) >= 11 is 0. The molecular formula is C24H23F3N4O3S. The van der Waals surface area contributed by atoms with Crippen molar-refractivity contribution in [3.8, 4) is 0 Å². The lowest BCUT2D eigenvalue weighted by atomic mass is 10.2. The third kappa shape index (κ3) is 5.46.